The predicted octanol–water partition coefficient (Wildman–Crippen LogP) is 5.95. The Morgan fingerprint density at radius 2 is 1.53 bits per heavy atom. The number of methoxy groups -OCH3 is 2. The number of aromatic nitrogens is 2. The average molecular weight is 469 g/mol. The van der Waals surface area contributed by atoms with Gasteiger partial charge in [0.05, 0.1) is 29.8 Å². The first-order valence-corrected chi connectivity index (χ1v) is 10.2. The fourth-order valence-corrected chi connectivity index (χ4v) is 3.40. The van der Waals surface area contributed by atoms with Gasteiger partial charge in [0.15, 0.2) is 11.5 Å². The maximum absolute atomic E-state index is 12.4. The summed E-state index contributed by atoms with van der Waals surface area (Å²) in [6, 6.07) is 15.6. The van der Waals surface area contributed by atoms with E-state index in [1.165, 1.54) is 12.4 Å². The van der Waals surface area contributed by atoms with Gasteiger partial charge in [-0.3, -0.25) is 4.79 Å². The molecule has 0 fully saturated rings. The molecule has 0 radical (unpaired) electrons. The predicted molar refractivity (Wildman–Crippen MR) is 127 cm³/mol. The molecule has 0 aliphatic heterocycles. The van der Waals surface area contributed by atoms with Crippen LogP contribution in [0.2, 0.25) is 10.0 Å². The Balaban J connectivity index is 1.53. The second-order valence-corrected chi connectivity index (χ2v) is 7.55. The van der Waals surface area contributed by atoms with Crippen LogP contribution in [0.3, 0.4) is 0 Å². The number of nitrogens with zero attached hydrogens (tertiary/aromatic N) is 2. The second-order valence-electron chi connectivity index (χ2n) is 6.73. The van der Waals surface area contributed by atoms with Gasteiger partial charge in [-0.05, 0) is 48.5 Å². The third-order valence-electron chi connectivity index (χ3n) is 4.73. The van der Waals surface area contributed by atoms with Gasteiger partial charge in [0.1, 0.15) is 12.1 Å². The Morgan fingerprint density at radius 1 is 0.844 bits per heavy atom. The number of anilines is 3. The summed E-state index contributed by atoms with van der Waals surface area (Å²) in [5.74, 6) is 1.50. The number of hydrogen-bond acceptors (Lipinski definition) is 6. The van der Waals surface area contributed by atoms with Crippen LogP contribution in [-0.2, 0) is 0 Å². The van der Waals surface area contributed by atoms with Crippen molar-refractivity contribution in [3.8, 4) is 11.5 Å². The lowest BCUT2D eigenvalue weighted by molar-refractivity contribution is 0.102. The van der Waals surface area contributed by atoms with Crippen molar-refractivity contribution in [3.05, 3.63) is 76.5 Å². The molecule has 32 heavy (non-hydrogen) atoms. The Bertz CT molecular complexity index is 1300. The van der Waals surface area contributed by atoms with Crippen LogP contribution in [0.15, 0.2) is 60.9 Å². The summed E-state index contributed by atoms with van der Waals surface area (Å²) in [4.78, 5) is 21.1. The molecule has 0 aliphatic carbocycles. The molecule has 2 N–H and O–H groups in total. The van der Waals surface area contributed by atoms with Crippen molar-refractivity contribution in [1.82, 2.24) is 9.97 Å². The molecule has 162 valence electrons. The summed E-state index contributed by atoms with van der Waals surface area (Å²) in [6.07, 6.45) is 1.47. The molecular weight excluding hydrogens is 451 g/mol. The third-order valence-corrected chi connectivity index (χ3v) is 5.47. The lowest BCUT2D eigenvalue weighted by Gasteiger charge is -2.12. The molecule has 3 aromatic carbocycles. The number of amides is 1. The lowest BCUT2D eigenvalue weighted by atomic mass is 10.2. The highest BCUT2D eigenvalue weighted by Gasteiger charge is 2.12. The molecular formula is C23H18Cl2N4O3. The van der Waals surface area contributed by atoms with E-state index in [2.05, 4.69) is 20.6 Å². The molecule has 0 unspecified atom stereocenters. The molecule has 1 heterocycles. The highest BCUT2D eigenvalue weighted by Crippen LogP contribution is 2.34. The fraction of sp³-hybridized carbons (Fsp3) is 0.0870. The van der Waals surface area contributed by atoms with Gasteiger partial charge in [-0.15, -0.1) is 0 Å². The molecule has 0 aliphatic rings. The summed E-state index contributed by atoms with van der Waals surface area (Å²) in [7, 11) is 3.15. The van der Waals surface area contributed by atoms with Crippen LogP contribution in [0.25, 0.3) is 10.9 Å². The van der Waals surface area contributed by atoms with Crippen molar-refractivity contribution in [2.24, 2.45) is 0 Å². The third kappa shape index (κ3) is 4.54. The van der Waals surface area contributed by atoms with E-state index in [9.17, 15) is 4.79 Å². The minimum absolute atomic E-state index is 0.285. The number of ether oxygens (including phenoxy) is 2. The molecule has 9 heteroatoms. The first-order valence-electron chi connectivity index (χ1n) is 9.48. The van der Waals surface area contributed by atoms with E-state index in [1.54, 1.807) is 44.6 Å². The van der Waals surface area contributed by atoms with Gasteiger partial charge < -0.3 is 20.1 Å². The average Bonchev–Trinajstić information content (AvgIpc) is 2.81. The van der Waals surface area contributed by atoms with Gasteiger partial charge in [0.25, 0.3) is 5.91 Å². The summed E-state index contributed by atoms with van der Waals surface area (Å²) in [6.45, 7) is 0. The molecule has 4 aromatic rings. The van der Waals surface area contributed by atoms with Crippen molar-refractivity contribution in [2.75, 3.05) is 24.9 Å². The van der Waals surface area contributed by atoms with Gasteiger partial charge in [0.2, 0.25) is 0 Å². The monoisotopic (exact) mass is 468 g/mol. The van der Waals surface area contributed by atoms with Crippen molar-refractivity contribution in [1.29, 1.82) is 0 Å². The Morgan fingerprint density at radius 3 is 2.22 bits per heavy atom. The maximum atomic E-state index is 12.4. The molecule has 0 atom stereocenters. The number of fused-ring (bicyclic) bond motifs is 1. The summed E-state index contributed by atoms with van der Waals surface area (Å²) in [5, 5.41) is 7.60. The molecule has 4 rings (SSSR count). The summed E-state index contributed by atoms with van der Waals surface area (Å²) < 4.78 is 10.7. The number of rotatable bonds is 6. The lowest BCUT2D eigenvalue weighted by Crippen LogP contribution is -2.11. The van der Waals surface area contributed by atoms with Crippen LogP contribution >= 0.6 is 23.2 Å². The maximum Gasteiger partial charge on any atom is 0.255 e. The molecule has 0 bridgehead atoms. The standard InChI is InChI=1S/C23H18Cl2N4O3/c1-31-20-10-16-19(11-21(20)32-2)26-12-27-22(16)28-14-4-6-15(7-5-14)29-23(30)13-3-8-17(24)18(25)9-13/h3-12H,1-2H3,(H,29,30)(H,26,27,28). The minimum Gasteiger partial charge on any atom is -0.493 e. The summed E-state index contributed by atoms with van der Waals surface area (Å²) in [5.41, 5.74) is 2.54. The zero-order chi connectivity index (χ0) is 22.7. The summed E-state index contributed by atoms with van der Waals surface area (Å²) >= 11 is 11.9. The zero-order valence-electron chi connectivity index (χ0n) is 17.1. The number of carbonyl (C=O) groups excluding carboxylic acids is 1. The van der Waals surface area contributed by atoms with Crippen LogP contribution in [0, 0.1) is 0 Å². The van der Waals surface area contributed by atoms with Gasteiger partial charge in [0, 0.05) is 28.4 Å². The molecule has 0 saturated heterocycles. The van der Waals surface area contributed by atoms with Gasteiger partial charge >= 0.3 is 0 Å². The smallest absolute Gasteiger partial charge is 0.255 e. The van der Waals surface area contributed by atoms with Crippen molar-refractivity contribution >= 4 is 57.2 Å². The van der Waals surface area contributed by atoms with E-state index in [0.717, 1.165) is 11.1 Å². The van der Waals surface area contributed by atoms with E-state index in [4.69, 9.17) is 32.7 Å². The number of halogens is 2. The second kappa shape index (κ2) is 9.30. The number of carbonyl (C=O) groups is 1. The van der Waals surface area contributed by atoms with Crippen LogP contribution < -0.4 is 20.1 Å². The topological polar surface area (TPSA) is 85.4 Å². The quantitative estimate of drug-likeness (QED) is 0.363. The SMILES string of the molecule is COc1cc2ncnc(Nc3ccc(NC(=O)c4ccc(Cl)c(Cl)c4)cc3)c2cc1OC. The fourth-order valence-electron chi connectivity index (χ4n) is 3.10. The molecule has 0 spiro atoms. The Kier molecular flexibility index (Phi) is 6.30. The van der Waals surface area contributed by atoms with Crippen LogP contribution in [0.1, 0.15) is 10.4 Å². The largest absolute Gasteiger partial charge is 0.493 e. The Labute approximate surface area is 194 Å². The molecule has 7 nitrogen and oxygen atoms in total. The molecule has 0 saturated carbocycles. The zero-order valence-corrected chi connectivity index (χ0v) is 18.7. The van der Waals surface area contributed by atoms with Gasteiger partial charge in [-0.1, -0.05) is 23.2 Å². The van der Waals surface area contributed by atoms with Gasteiger partial charge in [-0.2, -0.15) is 0 Å². The Hall–Kier alpha value is -3.55. The van der Waals surface area contributed by atoms with Crippen LogP contribution in [0.5, 0.6) is 11.5 Å². The van der Waals surface area contributed by atoms with E-state index in [0.29, 0.717) is 44.1 Å². The van der Waals surface area contributed by atoms with Crippen molar-refractivity contribution in [3.63, 3.8) is 0 Å². The van der Waals surface area contributed by atoms with Crippen LogP contribution in [0.4, 0.5) is 17.2 Å². The van der Waals surface area contributed by atoms with Crippen molar-refractivity contribution < 1.29 is 14.3 Å². The van der Waals surface area contributed by atoms with Gasteiger partial charge in [-0.25, -0.2) is 9.97 Å². The minimum atomic E-state index is -0.285. The van der Waals surface area contributed by atoms with Crippen molar-refractivity contribution in [2.45, 2.75) is 0 Å². The number of hydrogen-bond donors (Lipinski definition) is 2. The first-order chi connectivity index (χ1) is 15.5. The first kappa shape index (κ1) is 21.7. The highest BCUT2D eigenvalue weighted by molar-refractivity contribution is 6.42. The molecule has 1 amide bonds. The van der Waals surface area contributed by atoms with E-state index >= 15 is 0 Å². The normalized spacial score (nSPS) is 10.6. The number of nitrogens with one attached hydrogen (secondary N) is 2. The highest BCUT2D eigenvalue weighted by atomic mass is 35.5. The van der Waals surface area contributed by atoms with E-state index in [-0.39, 0.29) is 5.91 Å². The van der Waals surface area contributed by atoms with Crippen LogP contribution in [-0.4, -0.2) is 30.1 Å². The number of benzene rings is 3. The van der Waals surface area contributed by atoms with E-state index < -0.39 is 0 Å². The molecule has 1 aromatic heterocycles. The van der Waals surface area contributed by atoms with E-state index in [1.807, 2.05) is 18.2 Å².